The van der Waals surface area contributed by atoms with Crippen molar-refractivity contribution in [2.75, 3.05) is 43.4 Å². The van der Waals surface area contributed by atoms with Crippen LogP contribution in [-0.4, -0.2) is 53.9 Å². The van der Waals surface area contributed by atoms with Gasteiger partial charge in [-0.2, -0.15) is 0 Å². The molecule has 1 saturated heterocycles. The number of hydrogen-bond donors (Lipinski definition) is 1. The highest BCUT2D eigenvalue weighted by Gasteiger charge is 2.14. The number of benzene rings is 2. The van der Waals surface area contributed by atoms with Crippen LogP contribution in [0.25, 0.3) is 11.3 Å². The van der Waals surface area contributed by atoms with E-state index < -0.39 is 0 Å². The standard InChI is InChI=1S/C25H27N5O/c1-3-23(31)17-19-6-4-7-20(16-19)24-10-11-26-25(28-24)27-21-8-5-9-22(18-21)30-14-12-29(2)13-15-30/h3-11,16,18H,1,12-15,17H2,2H3,(H,26,27,28). The molecule has 0 bridgehead atoms. The van der Waals surface area contributed by atoms with Crippen molar-refractivity contribution in [2.45, 2.75) is 6.42 Å². The van der Waals surface area contributed by atoms with E-state index in [1.165, 1.54) is 11.8 Å². The van der Waals surface area contributed by atoms with Crippen molar-refractivity contribution in [2.24, 2.45) is 0 Å². The number of aromatic nitrogens is 2. The first-order valence-electron chi connectivity index (χ1n) is 10.5. The van der Waals surface area contributed by atoms with E-state index in [-0.39, 0.29) is 5.78 Å². The number of rotatable bonds is 7. The van der Waals surface area contributed by atoms with Gasteiger partial charge in [-0.3, -0.25) is 4.79 Å². The molecule has 0 unspecified atom stereocenters. The lowest BCUT2D eigenvalue weighted by atomic mass is 10.0. The van der Waals surface area contributed by atoms with Crippen LogP contribution in [0, 0.1) is 0 Å². The van der Waals surface area contributed by atoms with Crippen LogP contribution in [0.15, 0.2) is 73.4 Å². The van der Waals surface area contributed by atoms with E-state index in [2.05, 4.69) is 56.9 Å². The molecule has 6 nitrogen and oxygen atoms in total. The van der Waals surface area contributed by atoms with Crippen LogP contribution < -0.4 is 10.2 Å². The highest BCUT2D eigenvalue weighted by molar-refractivity contribution is 5.91. The summed E-state index contributed by atoms with van der Waals surface area (Å²) in [6, 6.07) is 18.1. The van der Waals surface area contributed by atoms with Gasteiger partial charge in [-0.1, -0.05) is 30.8 Å². The molecule has 0 radical (unpaired) electrons. The van der Waals surface area contributed by atoms with Crippen LogP contribution in [0.4, 0.5) is 17.3 Å². The van der Waals surface area contributed by atoms with Crippen LogP contribution in [0.5, 0.6) is 0 Å². The van der Waals surface area contributed by atoms with Gasteiger partial charge in [-0.05, 0) is 49.0 Å². The van der Waals surface area contributed by atoms with Gasteiger partial charge in [0.25, 0.3) is 0 Å². The smallest absolute Gasteiger partial charge is 0.227 e. The molecule has 1 fully saturated rings. The van der Waals surface area contributed by atoms with Gasteiger partial charge in [0, 0.05) is 55.7 Å². The van der Waals surface area contributed by atoms with Gasteiger partial charge in [0.2, 0.25) is 5.95 Å². The van der Waals surface area contributed by atoms with E-state index in [1.807, 2.05) is 36.4 Å². The van der Waals surface area contributed by atoms with Crippen LogP contribution in [-0.2, 0) is 11.2 Å². The van der Waals surface area contributed by atoms with Crippen molar-refractivity contribution >= 4 is 23.1 Å². The molecule has 2 heterocycles. The summed E-state index contributed by atoms with van der Waals surface area (Å²) in [5, 5.41) is 3.33. The number of piperazine rings is 1. The maximum Gasteiger partial charge on any atom is 0.227 e. The van der Waals surface area contributed by atoms with E-state index in [0.717, 1.165) is 48.7 Å². The third kappa shape index (κ3) is 5.35. The maximum absolute atomic E-state index is 11.7. The van der Waals surface area contributed by atoms with Crippen LogP contribution in [0.3, 0.4) is 0 Å². The highest BCUT2D eigenvalue weighted by atomic mass is 16.1. The van der Waals surface area contributed by atoms with Gasteiger partial charge in [-0.15, -0.1) is 0 Å². The molecule has 1 N–H and O–H groups in total. The summed E-state index contributed by atoms with van der Waals surface area (Å²) in [6.07, 6.45) is 3.44. The predicted molar refractivity (Wildman–Crippen MR) is 126 cm³/mol. The minimum absolute atomic E-state index is 0.00225. The zero-order valence-corrected chi connectivity index (χ0v) is 17.8. The Morgan fingerprint density at radius 3 is 2.71 bits per heavy atom. The number of anilines is 3. The van der Waals surface area contributed by atoms with E-state index in [0.29, 0.717) is 12.4 Å². The molecule has 6 heteroatoms. The molecule has 0 amide bonds. The third-order valence-electron chi connectivity index (χ3n) is 5.46. The lowest BCUT2D eigenvalue weighted by Crippen LogP contribution is -2.44. The van der Waals surface area contributed by atoms with Gasteiger partial charge in [0.15, 0.2) is 5.78 Å². The monoisotopic (exact) mass is 413 g/mol. The fourth-order valence-electron chi connectivity index (χ4n) is 3.67. The third-order valence-corrected chi connectivity index (χ3v) is 5.46. The average molecular weight is 414 g/mol. The van der Waals surface area contributed by atoms with Gasteiger partial charge >= 0.3 is 0 Å². The Bertz CT molecular complexity index is 1070. The van der Waals surface area contributed by atoms with Gasteiger partial charge in [0.1, 0.15) is 0 Å². The summed E-state index contributed by atoms with van der Waals surface area (Å²) in [6.45, 7) is 7.73. The number of nitrogens with zero attached hydrogens (tertiary/aromatic N) is 4. The highest BCUT2D eigenvalue weighted by Crippen LogP contribution is 2.24. The van der Waals surface area contributed by atoms with E-state index >= 15 is 0 Å². The molecule has 31 heavy (non-hydrogen) atoms. The minimum atomic E-state index is 0.00225. The first-order valence-corrected chi connectivity index (χ1v) is 10.5. The summed E-state index contributed by atoms with van der Waals surface area (Å²) in [4.78, 5) is 25.5. The lowest BCUT2D eigenvalue weighted by molar-refractivity contribution is -0.114. The average Bonchev–Trinajstić information content (AvgIpc) is 2.80. The van der Waals surface area contributed by atoms with E-state index in [9.17, 15) is 4.79 Å². The SMILES string of the molecule is C=CC(=O)Cc1cccc(-c2ccnc(Nc3cccc(N4CCN(C)CC4)c3)n2)c1. The Balaban J connectivity index is 1.51. The van der Waals surface area contributed by atoms with Gasteiger partial charge in [-0.25, -0.2) is 9.97 Å². The fourth-order valence-corrected chi connectivity index (χ4v) is 3.67. The molecular weight excluding hydrogens is 386 g/mol. The van der Waals surface area contributed by atoms with Crippen molar-refractivity contribution in [1.82, 2.24) is 14.9 Å². The Kier molecular flexibility index (Phi) is 6.38. The second-order valence-corrected chi connectivity index (χ2v) is 7.78. The molecule has 3 aromatic rings. The molecule has 2 aromatic carbocycles. The van der Waals surface area contributed by atoms with Gasteiger partial charge in [0.05, 0.1) is 5.69 Å². The number of ketones is 1. The number of allylic oxidation sites excluding steroid dienone is 1. The van der Waals surface area contributed by atoms with Crippen molar-refractivity contribution < 1.29 is 4.79 Å². The Labute approximate surface area is 183 Å². The number of nitrogens with one attached hydrogen (secondary N) is 1. The lowest BCUT2D eigenvalue weighted by Gasteiger charge is -2.34. The molecule has 158 valence electrons. The molecule has 0 spiro atoms. The Morgan fingerprint density at radius 2 is 1.90 bits per heavy atom. The van der Waals surface area contributed by atoms with E-state index in [4.69, 9.17) is 0 Å². The molecular formula is C25H27N5O. The van der Waals surface area contributed by atoms with Crippen molar-refractivity contribution in [3.8, 4) is 11.3 Å². The van der Waals surface area contributed by atoms with Crippen molar-refractivity contribution in [1.29, 1.82) is 0 Å². The molecule has 1 aliphatic heterocycles. The zero-order valence-electron chi connectivity index (χ0n) is 17.8. The topological polar surface area (TPSA) is 61.4 Å². The minimum Gasteiger partial charge on any atom is -0.369 e. The first-order chi connectivity index (χ1) is 15.1. The van der Waals surface area contributed by atoms with Crippen LogP contribution in [0.1, 0.15) is 5.56 Å². The molecule has 0 aliphatic carbocycles. The summed E-state index contributed by atoms with van der Waals surface area (Å²) in [5.74, 6) is 0.544. The molecule has 4 rings (SSSR count). The Morgan fingerprint density at radius 1 is 1.10 bits per heavy atom. The summed E-state index contributed by atoms with van der Waals surface area (Å²) < 4.78 is 0. The molecule has 0 atom stereocenters. The Hall–Kier alpha value is -3.51. The van der Waals surface area contributed by atoms with Gasteiger partial charge < -0.3 is 15.1 Å². The number of carbonyl (C=O) groups excluding carboxylic acids is 1. The number of hydrogen-bond acceptors (Lipinski definition) is 6. The molecule has 1 aliphatic rings. The van der Waals surface area contributed by atoms with Crippen molar-refractivity contribution in [3.05, 3.63) is 79.0 Å². The predicted octanol–water partition coefficient (Wildman–Crippen LogP) is 3.94. The largest absolute Gasteiger partial charge is 0.369 e. The first kappa shape index (κ1) is 20.8. The normalized spacial score (nSPS) is 14.3. The molecule has 0 saturated carbocycles. The second-order valence-electron chi connectivity index (χ2n) is 7.78. The second kappa shape index (κ2) is 9.53. The van der Waals surface area contributed by atoms with Crippen LogP contribution >= 0.6 is 0 Å². The fraction of sp³-hybridized carbons (Fsp3) is 0.240. The summed E-state index contributed by atoms with van der Waals surface area (Å²) in [5.41, 5.74) is 4.86. The maximum atomic E-state index is 11.7. The van der Waals surface area contributed by atoms with Crippen molar-refractivity contribution in [3.63, 3.8) is 0 Å². The number of likely N-dealkylation sites (N-methyl/N-ethyl adjacent to an activating group) is 1. The van der Waals surface area contributed by atoms with Crippen LogP contribution in [0.2, 0.25) is 0 Å². The van der Waals surface area contributed by atoms with E-state index in [1.54, 1.807) is 6.20 Å². The zero-order chi connectivity index (χ0) is 21.6. The number of carbonyl (C=O) groups is 1. The summed E-state index contributed by atoms with van der Waals surface area (Å²) >= 11 is 0. The summed E-state index contributed by atoms with van der Waals surface area (Å²) in [7, 11) is 2.16. The molecule has 1 aromatic heterocycles. The quantitative estimate of drug-likeness (QED) is 0.592.